The summed E-state index contributed by atoms with van der Waals surface area (Å²) in [5.41, 5.74) is 2.10. The predicted octanol–water partition coefficient (Wildman–Crippen LogP) is 5.91. The van der Waals surface area contributed by atoms with E-state index in [1.807, 2.05) is 0 Å². The topological polar surface area (TPSA) is 55.4 Å². The lowest BCUT2D eigenvalue weighted by Gasteiger charge is -2.15. The van der Waals surface area contributed by atoms with Crippen LogP contribution >= 0.6 is 34.5 Å². The summed E-state index contributed by atoms with van der Waals surface area (Å²) in [4.78, 5) is -0.0443. The van der Waals surface area contributed by atoms with Crippen LogP contribution in [0.5, 0.6) is 5.75 Å². The van der Waals surface area contributed by atoms with Gasteiger partial charge in [-0.05, 0) is 42.3 Å². The molecule has 1 heterocycles. The number of methoxy groups -OCH3 is 1. The first kappa shape index (κ1) is 21.1. The summed E-state index contributed by atoms with van der Waals surface area (Å²) in [6.07, 6.45) is 0. The number of rotatable bonds is 6. The number of benzene rings is 2. The highest BCUT2D eigenvalue weighted by Crippen LogP contribution is 2.35. The molecule has 0 saturated carbocycles. The molecule has 1 N–H and O–H groups in total. The van der Waals surface area contributed by atoms with Gasteiger partial charge in [0.2, 0.25) is 10.0 Å². The Morgan fingerprint density at radius 1 is 1.11 bits per heavy atom. The van der Waals surface area contributed by atoms with Gasteiger partial charge in [-0.25, -0.2) is 17.5 Å². The molecule has 0 radical (unpaired) electrons. The number of halogens is 3. The van der Waals surface area contributed by atoms with Crippen molar-refractivity contribution in [2.75, 3.05) is 7.11 Å². The third-order valence-corrected chi connectivity index (χ3v) is 7.42. The number of sulfonamides is 1. The summed E-state index contributed by atoms with van der Waals surface area (Å²) in [6, 6.07) is 12.2. The summed E-state index contributed by atoms with van der Waals surface area (Å²) in [5, 5.41) is 0. The fourth-order valence-electron chi connectivity index (χ4n) is 2.73. The molecule has 1 aromatic heterocycles. The van der Waals surface area contributed by atoms with E-state index in [2.05, 4.69) is 4.72 Å². The quantitative estimate of drug-likeness (QED) is 0.498. The minimum Gasteiger partial charge on any atom is -0.496 e. The summed E-state index contributed by atoms with van der Waals surface area (Å²) >= 11 is 12.8. The van der Waals surface area contributed by atoms with Crippen molar-refractivity contribution in [2.24, 2.45) is 0 Å². The Balaban J connectivity index is 1.84. The lowest BCUT2D eigenvalue weighted by Crippen LogP contribution is -2.26. The van der Waals surface area contributed by atoms with E-state index in [4.69, 9.17) is 27.9 Å². The maximum atomic E-state index is 13.6. The molecule has 4 nitrogen and oxygen atoms in total. The van der Waals surface area contributed by atoms with Gasteiger partial charge >= 0.3 is 0 Å². The van der Waals surface area contributed by atoms with Crippen LogP contribution in [0.15, 0.2) is 53.4 Å². The van der Waals surface area contributed by atoms with Gasteiger partial charge in [-0.3, -0.25) is 0 Å². The highest BCUT2D eigenvalue weighted by atomic mass is 35.5. The molecule has 0 bridgehead atoms. The van der Waals surface area contributed by atoms with Crippen molar-refractivity contribution < 1.29 is 17.5 Å². The zero-order chi connectivity index (χ0) is 20.5. The van der Waals surface area contributed by atoms with E-state index < -0.39 is 16.1 Å². The maximum Gasteiger partial charge on any atom is 0.243 e. The number of nitrogens with one attached hydrogen (secondary N) is 1. The van der Waals surface area contributed by atoms with Crippen LogP contribution in [0, 0.1) is 5.82 Å². The van der Waals surface area contributed by atoms with Crippen molar-refractivity contribution in [3.05, 3.63) is 68.6 Å². The van der Waals surface area contributed by atoms with Crippen LogP contribution in [0.3, 0.4) is 0 Å². The van der Waals surface area contributed by atoms with Crippen LogP contribution in [0.2, 0.25) is 8.67 Å². The molecule has 3 rings (SSSR count). The minimum absolute atomic E-state index is 0.0443. The van der Waals surface area contributed by atoms with Gasteiger partial charge < -0.3 is 4.74 Å². The Morgan fingerprint density at radius 3 is 2.36 bits per heavy atom. The van der Waals surface area contributed by atoms with Crippen LogP contribution < -0.4 is 9.46 Å². The fourth-order valence-corrected chi connectivity index (χ4v) is 6.11. The lowest BCUT2D eigenvalue weighted by molar-refractivity contribution is 0.415. The Labute approximate surface area is 176 Å². The Bertz CT molecular complexity index is 1100. The molecule has 148 valence electrons. The van der Waals surface area contributed by atoms with Crippen molar-refractivity contribution in [1.82, 2.24) is 4.72 Å². The second-order valence-electron chi connectivity index (χ2n) is 6.00. The normalized spacial score (nSPS) is 12.8. The molecule has 3 aromatic rings. The van der Waals surface area contributed by atoms with Crippen LogP contribution in [0.25, 0.3) is 11.1 Å². The third kappa shape index (κ3) is 4.50. The zero-order valence-electron chi connectivity index (χ0n) is 14.9. The van der Waals surface area contributed by atoms with Crippen molar-refractivity contribution in [1.29, 1.82) is 0 Å². The van der Waals surface area contributed by atoms with Gasteiger partial charge in [-0.1, -0.05) is 47.5 Å². The van der Waals surface area contributed by atoms with Gasteiger partial charge in [0.25, 0.3) is 0 Å². The molecule has 0 spiro atoms. The highest BCUT2D eigenvalue weighted by molar-refractivity contribution is 7.89. The molecule has 2 aromatic carbocycles. The highest BCUT2D eigenvalue weighted by Gasteiger charge is 2.23. The Kier molecular flexibility index (Phi) is 6.31. The largest absolute Gasteiger partial charge is 0.496 e. The van der Waals surface area contributed by atoms with Gasteiger partial charge in [-0.15, -0.1) is 11.3 Å². The average Bonchev–Trinajstić information content (AvgIpc) is 3.00. The maximum absolute atomic E-state index is 13.6. The van der Waals surface area contributed by atoms with E-state index in [9.17, 15) is 12.8 Å². The molecule has 0 amide bonds. The van der Waals surface area contributed by atoms with E-state index in [0.29, 0.717) is 15.6 Å². The molecule has 0 aliphatic heterocycles. The zero-order valence-corrected chi connectivity index (χ0v) is 18.0. The molecule has 0 aliphatic carbocycles. The average molecular weight is 460 g/mol. The molecule has 28 heavy (non-hydrogen) atoms. The van der Waals surface area contributed by atoms with E-state index in [1.54, 1.807) is 37.3 Å². The number of ether oxygens (including phenoxy) is 1. The molecular formula is C19H16Cl2FNO3S2. The molecule has 0 aliphatic rings. The molecule has 1 atom stereocenters. The van der Waals surface area contributed by atoms with E-state index in [0.717, 1.165) is 22.5 Å². The first-order valence-corrected chi connectivity index (χ1v) is 11.2. The first-order chi connectivity index (χ1) is 13.2. The standard InChI is InChI=1S/C19H16Cl2FNO3S2/c1-11(23-28(24,25)17-10-18(20)27-19(17)21)12-3-5-13(6-4-12)15-9-14(22)7-8-16(15)26-2/h3-11,23H,1-2H3/t11-/m1/s1. The second kappa shape index (κ2) is 8.39. The Hall–Kier alpha value is -1.64. The van der Waals surface area contributed by atoms with Crippen molar-refractivity contribution in [3.63, 3.8) is 0 Å². The molecule has 0 saturated heterocycles. The van der Waals surface area contributed by atoms with Crippen molar-refractivity contribution >= 4 is 44.6 Å². The number of hydrogen-bond donors (Lipinski definition) is 1. The molecule has 0 unspecified atom stereocenters. The Morgan fingerprint density at radius 2 is 1.79 bits per heavy atom. The third-order valence-electron chi connectivity index (χ3n) is 4.13. The van der Waals surface area contributed by atoms with E-state index >= 15 is 0 Å². The molecular weight excluding hydrogens is 444 g/mol. The predicted molar refractivity (Wildman–Crippen MR) is 111 cm³/mol. The van der Waals surface area contributed by atoms with Crippen molar-refractivity contribution in [2.45, 2.75) is 17.9 Å². The number of thiophene rings is 1. The monoisotopic (exact) mass is 459 g/mol. The summed E-state index contributed by atoms with van der Waals surface area (Å²) in [5.74, 6) is 0.180. The van der Waals surface area contributed by atoms with Gasteiger partial charge in [0.05, 0.1) is 11.4 Å². The summed E-state index contributed by atoms with van der Waals surface area (Å²) < 4.78 is 47.0. The van der Waals surface area contributed by atoms with Gasteiger partial charge in [0.1, 0.15) is 20.8 Å². The minimum atomic E-state index is -3.82. The van der Waals surface area contributed by atoms with Crippen molar-refractivity contribution in [3.8, 4) is 16.9 Å². The van der Waals surface area contributed by atoms with Crippen LogP contribution in [-0.2, 0) is 10.0 Å². The summed E-state index contributed by atoms with van der Waals surface area (Å²) in [7, 11) is -2.30. The summed E-state index contributed by atoms with van der Waals surface area (Å²) in [6.45, 7) is 1.72. The molecule has 0 fully saturated rings. The lowest BCUT2D eigenvalue weighted by atomic mass is 10.0. The van der Waals surface area contributed by atoms with Gasteiger partial charge in [0, 0.05) is 11.6 Å². The van der Waals surface area contributed by atoms with E-state index in [1.165, 1.54) is 25.3 Å². The van der Waals surface area contributed by atoms with Crippen LogP contribution in [0.4, 0.5) is 4.39 Å². The smallest absolute Gasteiger partial charge is 0.243 e. The van der Waals surface area contributed by atoms with Gasteiger partial charge in [0.15, 0.2) is 0 Å². The van der Waals surface area contributed by atoms with E-state index in [-0.39, 0.29) is 15.0 Å². The van der Waals surface area contributed by atoms with Crippen LogP contribution in [-0.4, -0.2) is 15.5 Å². The SMILES string of the molecule is COc1ccc(F)cc1-c1ccc([C@@H](C)NS(=O)(=O)c2cc(Cl)sc2Cl)cc1. The fraction of sp³-hybridized carbons (Fsp3) is 0.158. The molecule has 9 heteroatoms. The number of hydrogen-bond acceptors (Lipinski definition) is 4. The van der Waals surface area contributed by atoms with Crippen LogP contribution in [0.1, 0.15) is 18.5 Å². The van der Waals surface area contributed by atoms with Gasteiger partial charge in [-0.2, -0.15) is 0 Å². The second-order valence-corrected chi connectivity index (χ2v) is 9.97. The first-order valence-electron chi connectivity index (χ1n) is 8.12.